The van der Waals surface area contributed by atoms with Crippen molar-refractivity contribution in [2.75, 3.05) is 26.4 Å². The van der Waals surface area contributed by atoms with E-state index < -0.39 is 201 Å². The molecule has 0 aromatic rings. The molecule has 0 spiro atoms. The summed E-state index contributed by atoms with van der Waals surface area (Å²) in [6, 6.07) is 0. The molecule has 486 valence electrons. The maximum Gasteiger partial charge on any atom is 0.317 e. The van der Waals surface area contributed by atoms with Crippen molar-refractivity contribution in [3.05, 3.63) is 11.6 Å². The zero-order chi connectivity index (χ0) is 62.0. The Labute approximate surface area is 494 Å². The molecule has 0 radical (unpaired) electrons. The van der Waals surface area contributed by atoms with Gasteiger partial charge < -0.3 is 118 Å². The number of rotatable bonds is 12. The average molecular weight is 1220 g/mol. The fourth-order valence-electron chi connectivity index (χ4n) is 17.4. The standard InChI is InChI=1S/C59H94O26/c1-24-45(83-49-44(73)46(80-25(2)60)30(63)22-76-49)40(69)43(72)50(79-24)84-47-37(66)29(62)21-77-52(47)85-53(74)59-17-16-54(3,4)18-27(59)26-10-11-33-56(7)14-13-35(55(5,6)32(56)12-15-57(33,8)58(26,9)19-34(59)64)82-51-42(71)39(68)38(67)31(81-51)23-78-48-41(70)36(65)28(61)20-75-48/h10,24,27-52,61-73H,11-23H2,1-9H3. The third-order valence-corrected chi connectivity index (χ3v) is 22.6. The molecule has 0 aromatic heterocycles. The first-order valence-electron chi connectivity index (χ1n) is 30.4. The number of ether oxygens (including phenoxy) is 11. The van der Waals surface area contributed by atoms with Crippen LogP contribution in [-0.4, -0.2) is 252 Å². The Kier molecular flexibility index (Phi) is 18.7. The quantitative estimate of drug-likeness (QED) is 0.0587. The van der Waals surface area contributed by atoms with Crippen molar-refractivity contribution in [2.45, 2.75) is 268 Å². The Balaban J connectivity index is 0.843. The fourth-order valence-corrected chi connectivity index (χ4v) is 17.4. The highest BCUT2D eigenvalue weighted by Crippen LogP contribution is 2.76. The van der Waals surface area contributed by atoms with E-state index in [0.29, 0.717) is 25.7 Å². The SMILES string of the molecule is CC(=O)OC1C(O)COC(OC2C(C)OC(OC3C(OC(=O)C45CCC(C)(C)CC4C4=CCC6C7(C)CCC(OC8OC(COC9OCC(O)C(O)C9O)C(O)C(O)C8O)C(C)(C)C7CCC6(C)C4(C)CC5O)OCC(O)C3O)C(O)C2O)C1O. The summed E-state index contributed by atoms with van der Waals surface area (Å²) in [6.07, 6.45) is -28.4. The van der Waals surface area contributed by atoms with Crippen LogP contribution in [0.5, 0.6) is 0 Å². The number of esters is 2. The lowest BCUT2D eigenvalue weighted by molar-refractivity contribution is -0.369. The molecule has 13 N–H and O–H groups in total. The molecule has 0 bridgehead atoms. The van der Waals surface area contributed by atoms with Crippen LogP contribution in [0.2, 0.25) is 0 Å². The highest BCUT2D eigenvalue weighted by molar-refractivity contribution is 5.80. The monoisotopic (exact) mass is 1220 g/mol. The smallest absolute Gasteiger partial charge is 0.317 e. The van der Waals surface area contributed by atoms with Crippen LogP contribution in [0, 0.1) is 50.2 Å². The van der Waals surface area contributed by atoms with E-state index in [1.54, 1.807) is 0 Å². The second kappa shape index (κ2) is 24.1. The number of aliphatic hydroxyl groups is 13. The van der Waals surface area contributed by atoms with Crippen LogP contribution in [0.3, 0.4) is 0 Å². The first-order chi connectivity index (χ1) is 39.7. The molecule has 5 aliphatic heterocycles. The third-order valence-electron chi connectivity index (χ3n) is 22.6. The highest BCUT2D eigenvalue weighted by Gasteiger charge is 2.72. The van der Waals surface area contributed by atoms with Gasteiger partial charge in [0.05, 0.1) is 44.7 Å². The van der Waals surface area contributed by atoms with E-state index in [9.17, 15) is 71.2 Å². The molecule has 9 fully saturated rings. The van der Waals surface area contributed by atoms with Gasteiger partial charge in [0.15, 0.2) is 37.4 Å². The Morgan fingerprint density at radius 1 is 0.565 bits per heavy atom. The summed E-state index contributed by atoms with van der Waals surface area (Å²) in [7, 11) is 0. The number of carbonyl (C=O) groups is 2. The fraction of sp³-hybridized carbons (Fsp3) is 0.932. The molecule has 5 heterocycles. The molecule has 5 saturated heterocycles. The number of fused-ring (bicyclic) bond motifs is 7. The van der Waals surface area contributed by atoms with Crippen molar-refractivity contribution in [3.8, 4) is 0 Å². The van der Waals surface area contributed by atoms with Gasteiger partial charge in [-0.3, -0.25) is 9.59 Å². The van der Waals surface area contributed by atoms with Crippen molar-refractivity contribution in [1.29, 1.82) is 0 Å². The number of allylic oxidation sites excluding steroid dienone is 2. The second-order valence-corrected chi connectivity index (χ2v) is 28.4. The topological polar surface area (TPSA) is 399 Å². The Morgan fingerprint density at radius 3 is 1.87 bits per heavy atom. The number of hydrogen-bond acceptors (Lipinski definition) is 26. The van der Waals surface area contributed by atoms with Gasteiger partial charge in [0.25, 0.3) is 0 Å². The maximum absolute atomic E-state index is 15.4. The van der Waals surface area contributed by atoms with Gasteiger partial charge in [0.2, 0.25) is 6.29 Å². The van der Waals surface area contributed by atoms with Crippen LogP contribution in [0.1, 0.15) is 120 Å². The molecule has 5 aliphatic carbocycles. The minimum absolute atomic E-state index is 0.0820. The summed E-state index contributed by atoms with van der Waals surface area (Å²) in [5.74, 6) is -1.88. The minimum Gasteiger partial charge on any atom is -0.457 e. The van der Waals surface area contributed by atoms with Gasteiger partial charge in [-0.05, 0) is 110 Å². The maximum atomic E-state index is 15.4. The zero-order valence-corrected chi connectivity index (χ0v) is 50.0. The van der Waals surface area contributed by atoms with Crippen LogP contribution < -0.4 is 0 Å². The lowest BCUT2D eigenvalue weighted by Gasteiger charge is -2.71. The first kappa shape index (κ1) is 65.7. The molecular weight excluding hydrogens is 1120 g/mol. The molecule has 10 aliphatic rings. The van der Waals surface area contributed by atoms with E-state index in [2.05, 4.69) is 54.5 Å². The van der Waals surface area contributed by atoms with E-state index in [1.807, 2.05) is 0 Å². The first-order valence-corrected chi connectivity index (χ1v) is 30.4. The molecule has 4 saturated carbocycles. The predicted octanol–water partition coefficient (Wildman–Crippen LogP) is -1.72. The van der Waals surface area contributed by atoms with Crippen molar-refractivity contribution in [2.24, 2.45) is 50.2 Å². The van der Waals surface area contributed by atoms with Gasteiger partial charge in [-0.2, -0.15) is 0 Å². The van der Waals surface area contributed by atoms with Crippen LogP contribution in [-0.2, 0) is 61.7 Å². The zero-order valence-electron chi connectivity index (χ0n) is 50.0. The van der Waals surface area contributed by atoms with Gasteiger partial charge in [-0.15, -0.1) is 0 Å². The highest BCUT2D eigenvalue weighted by atomic mass is 16.8. The Morgan fingerprint density at radius 2 is 1.18 bits per heavy atom. The van der Waals surface area contributed by atoms with Gasteiger partial charge in [0, 0.05) is 6.92 Å². The molecule has 0 aromatic carbocycles. The van der Waals surface area contributed by atoms with Gasteiger partial charge in [-0.1, -0.05) is 60.1 Å². The summed E-state index contributed by atoms with van der Waals surface area (Å²) in [6.45, 7) is 16.4. The number of aliphatic hydroxyl groups excluding tert-OH is 13. The molecular formula is C59H94O26. The predicted molar refractivity (Wildman–Crippen MR) is 287 cm³/mol. The van der Waals surface area contributed by atoms with Crippen molar-refractivity contribution in [1.82, 2.24) is 0 Å². The normalized spacial score (nSPS) is 53.2. The Bertz CT molecular complexity index is 2410. The summed E-state index contributed by atoms with van der Waals surface area (Å²) >= 11 is 0. The van der Waals surface area contributed by atoms with Crippen molar-refractivity contribution < 1.29 is 128 Å². The molecule has 31 unspecified atom stereocenters. The lowest BCUT2D eigenvalue weighted by atomic mass is 9.33. The molecule has 26 heteroatoms. The number of carbonyl (C=O) groups excluding carboxylic acids is 2. The summed E-state index contributed by atoms with van der Waals surface area (Å²) in [4.78, 5) is 27.1. The van der Waals surface area contributed by atoms with Crippen LogP contribution in [0.4, 0.5) is 0 Å². The molecule has 0 amide bonds. The van der Waals surface area contributed by atoms with E-state index in [-0.39, 0.29) is 47.5 Å². The summed E-state index contributed by atoms with van der Waals surface area (Å²) in [5, 5.41) is 143. The van der Waals surface area contributed by atoms with Crippen LogP contribution >= 0.6 is 0 Å². The largest absolute Gasteiger partial charge is 0.457 e. The Hall–Kier alpha value is -2.20. The van der Waals surface area contributed by atoms with Crippen molar-refractivity contribution >= 4 is 11.9 Å². The third kappa shape index (κ3) is 11.3. The van der Waals surface area contributed by atoms with Crippen LogP contribution in [0.25, 0.3) is 0 Å². The second-order valence-electron chi connectivity index (χ2n) is 28.4. The summed E-state index contributed by atoms with van der Waals surface area (Å²) in [5.41, 5.74) is -2.46. The molecule has 26 nitrogen and oxygen atoms in total. The van der Waals surface area contributed by atoms with Crippen molar-refractivity contribution in [3.63, 3.8) is 0 Å². The number of hydrogen-bond donors (Lipinski definition) is 13. The van der Waals surface area contributed by atoms with E-state index in [1.165, 1.54) is 6.92 Å². The van der Waals surface area contributed by atoms with E-state index in [4.69, 9.17) is 52.1 Å². The molecule has 31 atom stereocenters. The summed E-state index contributed by atoms with van der Waals surface area (Å²) < 4.78 is 64.5. The van der Waals surface area contributed by atoms with Gasteiger partial charge >= 0.3 is 11.9 Å². The van der Waals surface area contributed by atoms with Gasteiger partial charge in [-0.25, -0.2) is 0 Å². The van der Waals surface area contributed by atoms with Gasteiger partial charge in [0.1, 0.15) is 90.9 Å². The van der Waals surface area contributed by atoms with E-state index >= 15 is 4.79 Å². The molecule has 10 rings (SSSR count). The molecule has 85 heavy (non-hydrogen) atoms. The van der Waals surface area contributed by atoms with E-state index in [0.717, 1.165) is 31.8 Å². The minimum atomic E-state index is -1.91. The van der Waals surface area contributed by atoms with Crippen LogP contribution in [0.15, 0.2) is 11.6 Å². The average Bonchev–Trinajstić information content (AvgIpc) is 0.695. The lowest BCUT2D eigenvalue weighted by Crippen LogP contribution is -2.68.